The van der Waals surface area contributed by atoms with Gasteiger partial charge >= 0.3 is 0 Å². The Morgan fingerprint density at radius 3 is 3.00 bits per heavy atom. The second-order valence-corrected chi connectivity index (χ2v) is 7.79. The topological polar surface area (TPSA) is 94.1 Å². The quantitative estimate of drug-likeness (QED) is 0.500. The summed E-state index contributed by atoms with van der Waals surface area (Å²) in [7, 11) is 1.66. The zero-order valence-electron chi connectivity index (χ0n) is 17.4. The molecule has 5 rings (SSSR count). The van der Waals surface area contributed by atoms with Crippen LogP contribution in [0.1, 0.15) is 34.8 Å². The van der Waals surface area contributed by atoms with Crippen LogP contribution in [-0.4, -0.2) is 52.3 Å². The third-order valence-corrected chi connectivity index (χ3v) is 5.91. The Bertz CT molecular complexity index is 1220. The zero-order valence-corrected chi connectivity index (χ0v) is 17.4. The van der Waals surface area contributed by atoms with E-state index in [4.69, 9.17) is 9.47 Å². The van der Waals surface area contributed by atoms with E-state index in [0.717, 1.165) is 59.4 Å². The maximum absolute atomic E-state index is 12.7. The number of carbonyl (C=O) groups excluding carboxylic acids is 1. The largest absolute Gasteiger partial charge is 0.497 e. The normalized spacial score (nSPS) is 14.9. The molecule has 3 aromatic heterocycles. The van der Waals surface area contributed by atoms with Gasteiger partial charge in [-0.15, -0.1) is 0 Å². The van der Waals surface area contributed by atoms with Gasteiger partial charge in [0.2, 0.25) is 0 Å². The van der Waals surface area contributed by atoms with Crippen LogP contribution < -0.4 is 10.1 Å². The van der Waals surface area contributed by atoms with E-state index in [2.05, 4.69) is 24.8 Å². The highest BCUT2D eigenvalue weighted by molar-refractivity contribution is 5.96. The van der Waals surface area contributed by atoms with Gasteiger partial charge in [0, 0.05) is 49.1 Å². The lowest BCUT2D eigenvalue weighted by Crippen LogP contribution is -2.25. The van der Waals surface area contributed by atoms with E-state index in [-0.39, 0.29) is 5.91 Å². The molecule has 31 heavy (non-hydrogen) atoms. The first kappa shape index (κ1) is 19.6. The number of nitrogens with one attached hydrogen (secondary N) is 2. The van der Waals surface area contributed by atoms with Gasteiger partial charge in [0.05, 0.1) is 19.0 Å². The molecule has 1 amide bonds. The van der Waals surface area contributed by atoms with Gasteiger partial charge in [-0.25, -0.2) is 9.97 Å². The fourth-order valence-corrected chi connectivity index (χ4v) is 4.18. The molecule has 0 unspecified atom stereocenters. The summed E-state index contributed by atoms with van der Waals surface area (Å²) >= 11 is 0. The van der Waals surface area contributed by atoms with Gasteiger partial charge in [-0.2, -0.15) is 0 Å². The van der Waals surface area contributed by atoms with Gasteiger partial charge in [0.1, 0.15) is 11.3 Å². The molecule has 1 aromatic carbocycles. The Morgan fingerprint density at radius 2 is 2.16 bits per heavy atom. The number of amides is 1. The second kappa shape index (κ2) is 8.39. The van der Waals surface area contributed by atoms with Crippen molar-refractivity contribution in [2.75, 3.05) is 26.9 Å². The number of nitrogens with zero attached hydrogens (tertiary/aromatic N) is 3. The number of methoxy groups -OCH3 is 1. The van der Waals surface area contributed by atoms with Crippen molar-refractivity contribution in [1.29, 1.82) is 0 Å². The summed E-state index contributed by atoms with van der Waals surface area (Å²) in [4.78, 5) is 24.9. The number of aromatic nitrogens is 4. The van der Waals surface area contributed by atoms with Gasteiger partial charge < -0.3 is 24.3 Å². The third-order valence-electron chi connectivity index (χ3n) is 5.91. The lowest BCUT2D eigenvalue weighted by molar-refractivity contribution is 0.0704. The van der Waals surface area contributed by atoms with Crippen LogP contribution in [-0.2, 0) is 11.2 Å². The number of hydrogen-bond donors (Lipinski definition) is 2. The predicted octanol–water partition coefficient (Wildman–Crippen LogP) is 3.25. The first-order valence-corrected chi connectivity index (χ1v) is 10.6. The average molecular weight is 419 g/mol. The molecule has 0 spiro atoms. The first-order chi connectivity index (χ1) is 15.2. The summed E-state index contributed by atoms with van der Waals surface area (Å²) in [6, 6.07) is 8.09. The van der Waals surface area contributed by atoms with Crippen molar-refractivity contribution in [2.45, 2.75) is 25.3 Å². The molecular formula is C23H25N5O3. The number of benzene rings is 1. The van der Waals surface area contributed by atoms with Gasteiger partial charge in [0.25, 0.3) is 5.91 Å². The average Bonchev–Trinajstić information content (AvgIpc) is 3.43. The number of hydrogen-bond acceptors (Lipinski definition) is 5. The summed E-state index contributed by atoms with van der Waals surface area (Å²) in [5.41, 5.74) is 4.26. The van der Waals surface area contributed by atoms with E-state index >= 15 is 0 Å². The number of ether oxygens (including phenoxy) is 2. The molecule has 160 valence electrons. The van der Waals surface area contributed by atoms with Crippen molar-refractivity contribution < 1.29 is 14.3 Å². The van der Waals surface area contributed by atoms with Crippen molar-refractivity contribution in [1.82, 2.24) is 24.8 Å². The molecule has 0 bridgehead atoms. The van der Waals surface area contributed by atoms with E-state index in [9.17, 15) is 4.79 Å². The monoisotopic (exact) mass is 419 g/mol. The summed E-state index contributed by atoms with van der Waals surface area (Å²) in [5.74, 6) is 0.671. The molecule has 2 N–H and O–H groups in total. The molecular weight excluding hydrogens is 394 g/mol. The molecule has 1 fully saturated rings. The standard InChI is InChI=1S/C23H25N5O3/c1-30-18-2-3-20-19(11-18)15(12-25-20)4-7-24-23(29)16-10-21-22(26-13-16)28(14-27-21)17-5-8-31-9-6-17/h2-3,10-14,17,25H,4-9H2,1H3,(H,24,29). The van der Waals surface area contributed by atoms with Crippen LogP contribution >= 0.6 is 0 Å². The van der Waals surface area contributed by atoms with Gasteiger partial charge in [-0.05, 0) is 49.1 Å². The number of aromatic amines is 1. The first-order valence-electron chi connectivity index (χ1n) is 10.6. The second-order valence-electron chi connectivity index (χ2n) is 7.79. The zero-order chi connectivity index (χ0) is 21.2. The third kappa shape index (κ3) is 3.86. The van der Waals surface area contributed by atoms with Crippen LogP contribution in [0.3, 0.4) is 0 Å². The molecule has 1 aliphatic heterocycles. The number of carbonyl (C=O) groups is 1. The Labute approximate surface area is 179 Å². The summed E-state index contributed by atoms with van der Waals surface area (Å²) < 4.78 is 12.9. The SMILES string of the molecule is COc1ccc2[nH]cc(CCNC(=O)c3cnc4c(c3)ncn4C3CCOCC3)c2c1. The van der Waals surface area contributed by atoms with E-state index < -0.39 is 0 Å². The number of fused-ring (bicyclic) bond motifs is 2. The fourth-order valence-electron chi connectivity index (χ4n) is 4.18. The van der Waals surface area contributed by atoms with E-state index in [1.807, 2.05) is 36.8 Å². The molecule has 0 saturated carbocycles. The highest BCUT2D eigenvalue weighted by Gasteiger charge is 2.19. The van der Waals surface area contributed by atoms with Crippen LogP contribution in [0, 0.1) is 0 Å². The minimum absolute atomic E-state index is 0.146. The van der Waals surface area contributed by atoms with Gasteiger partial charge in [-0.1, -0.05) is 0 Å². The molecule has 0 radical (unpaired) electrons. The van der Waals surface area contributed by atoms with E-state index in [1.165, 1.54) is 0 Å². The number of rotatable bonds is 6. The number of imidazole rings is 1. The lowest BCUT2D eigenvalue weighted by atomic mass is 10.1. The lowest BCUT2D eigenvalue weighted by Gasteiger charge is -2.23. The molecule has 4 aromatic rings. The van der Waals surface area contributed by atoms with Crippen LogP contribution in [0.4, 0.5) is 0 Å². The molecule has 0 atom stereocenters. The highest BCUT2D eigenvalue weighted by Crippen LogP contribution is 2.25. The molecule has 1 saturated heterocycles. The van der Waals surface area contributed by atoms with Crippen molar-refractivity contribution >= 4 is 28.0 Å². The molecule has 8 heteroatoms. The highest BCUT2D eigenvalue weighted by atomic mass is 16.5. The Morgan fingerprint density at radius 1 is 1.29 bits per heavy atom. The fraction of sp³-hybridized carbons (Fsp3) is 0.348. The molecule has 8 nitrogen and oxygen atoms in total. The molecule has 1 aliphatic rings. The van der Waals surface area contributed by atoms with Crippen LogP contribution in [0.2, 0.25) is 0 Å². The van der Waals surface area contributed by atoms with Crippen LogP contribution in [0.5, 0.6) is 5.75 Å². The van der Waals surface area contributed by atoms with Crippen LogP contribution in [0.15, 0.2) is 43.0 Å². The summed E-state index contributed by atoms with van der Waals surface area (Å²) in [6.45, 7) is 2.04. The maximum atomic E-state index is 12.7. The Kier molecular flexibility index (Phi) is 5.30. The van der Waals surface area contributed by atoms with Crippen molar-refractivity contribution in [3.63, 3.8) is 0 Å². The minimum atomic E-state index is -0.146. The van der Waals surface area contributed by atoms with E-state index in [1.54, 1.807) is 13.3 Å². The Hall–Kier alpha value is -3.39. The van der Waals surface area contributed by atoms with Crippen molar-refractivity contribution in [3.05, 3.63) is 54.1 Å². The minimum Gasteiger partial charge on any atom is -0.497 e. The van der Waals surface area contributed by atoms with Crippen molar-refractivity contribution in [2.24, 2.45) is 0 Å². The smallest absolute Gasteiger partial charge is 0.252 e. The summed E-state index contributed by atoms with van der Waals surface area (Å²) in [6.07, 6.45) is 8.05. The predicted molar refractivity (Wildman–Crippen MR) is 118 cm³/mol. The molecule has 0 aliphatic carbocycles. The number of H-pyrrole nitrogens is 1. The Balaban J connectivity index is 1.25. The van der Waals surface area contributed by atoms with Crippen molar-refractivity contribution in [3.8, 4) is 5.75 Å². The summed E-state index contributed by atoms with van der Waals surface area (Å²) in [5, 5.41) is 4.10. The van der Waals surface area contributed by atoms with Gasteiger partial charge in [-0.3, -0.25) is 4.79 Å². The molecule has 4 heterocycles. The van der Waals surface area contributed by atoms with Gasteiger partial charge in [0.15, 0.2) is 5.65 Å². The van der Waals surface area contributed by atoms with E-state index in [0.29, 0.717) is 24.6 Å². The maximum Gasteiger partial charge on any atom is 0.252 e. The van der Waals surface area contributed by atoms with Crippen LogP contribution in [0.25, 0.3) is 22.1 Å². The number of pyridine rings is 1.